The van der Waals surface area contributed by atoms with Gasteiger partial charge in [0, 0.05) is 6.54 Å². The van der Waals surface area contributed by atoms with Crippen molar-refractivity contribution in [1.82, 2.24) is 20.7 Å². The molecular weight excluding hydrogens is 336 g/mol. The van der Waals surface area contributed by atoms with Crippen LogP contribution in [0.5, 0.6) is 5.75 Å². The van der Waals surface area contributed by atoms with Gasteiger partial charge in [-0.25, -0.2) is 4.79 Å². The van der Waals surface area contributed by atoms with E-state index in [-0.39, 0.29) is 6.54 Å². The molecular formula is C18H26N4O4. The van der Waals surface area contributed by atoms with Crippen molar-refractivity contribution in [2.24, 2.45) is 0 Å². The summed E-state index contributed by atoms with van der Waals surface area (Å²) < 4.78 is 5.40. The monoisotopic (exact) mass is 362 g/mol. The molecule has 0 aromatic heterocycles. The molecule has 142 valence electrons. The van der Waals surface area contributed by atoms with Crippen LogP contribution in [-0.4, -0.2) is 53.5 Å². The second-order valence-electron chi connectivity index (χ2n) is 6.54. The van der Waals surface area contributed by atoms with E-state index >= 15 is 0 Å². The van der Waals surface area contributed by atoms with Gasteiger partial charge in [-0.1, -0.05) is 19.1 Å². The predicted molar refractivity (Wildman–Crippen MR) is 96.2 cm³/mol. The number of rotatable bonds is 8. The van der Waals surface area contributed by atoms with Gasteiger partial charge in [-0.2, -0.15) is 5.01 Å². The summed E-state index contributed by atoms with van der Waals surface area (Å²) in [4.78, 5) is 38.2. The molecule has 1 aliphatic heterocycles. The van der Waals surface area contributed by atoms with E-state index in [4.69, 9.17) is 4.74 Å². The van der Waals surface area contributed by atoms with Crippen LogP contribution in [0.15, 0.2) is 24.3 Å². The molecule has 1 fully saturated rings. The van der Waals surface area contributed by atoms with Crippen LogP contribution in [0.4, 0.5) is 4.79 Å². The Kier molecular flexibility index (Phi) is 6.20. The van der Waals surface area contributed by atoms with Gasteiger partial charge in [0.1, 0.15) is 11.3 Å². The van der Waals surface area contributed by atoms with Gasteiger partial charge in [0.2, 0.25) is 0 Å². The lowest BCUT2D eigenvalue weighted by Crippen LogP contribution is -2.50. The number of carbonyl (C=O) groups excluding carboxylic acids is 3. The third-order valence-electron chi connectivity index (χ3n) is 4.31. The number of likely N-dealkylation sites (N-methyl/N-ethyl adjacent to an activating group) is 1. The van der Waals surface area contributed by atoms with Gasteiger partial charge in [0.05, 0.1) is 13.2 Å². The smallest absolute Gasteiger partial charge is 0.344 e. The van der Waals surface area contributed by atoms with Crippen LogP contribution in [0.25, 0.3) is 0 Å². The Morgan fingerprint density at radius 1 is 1.27 bits per heavy atom. The number of amides is 4. The van der Waals surface area contributed by atoms with E-state index in [1.54, 1.807) is 25.8 Å². The van der Waals surface area contributed by atoms with E-state index in [2.05, 4.69) is 10.7 Å². The van der Waals surface area contributed by atoms with Crippen molar-refractivity contribution in [3.63, 3.8) is 0 Å². The van der Waals surface area contributed by atoms with Gasteiger partial charge in [-0.15, -0.1) is 0 Å². The van der Waals surface area contributed by atoms with E-state index in [1.807, 2.05) is 31.2 Å². The van der Waals surface area contributed by atoms with Crippen molar-refractivity contribution in [2.75, 3.05) is 20.2 Å². The highest BCUT2D eigenvalue weighted by Crippen LogP contribution is 2.19. The highest BCUT2D eigenvalue weighted by Gasteiger charge is 2.47. The van der Waals surface area contributed by atoms with Crippen molar-refractivity contribution in [3.8, 4) is 5.75 Å². The molecule has 1 unspecified atom stereocenters. The van der Waals surface area contributed by atoms with Gasteiger partial charge in [-0.05, 0) is 45.0 Å². The number of hydrazine groups is 1. The first-order chi connectivity index (χ1) is 12.3. The summed E-state index contributed by atoms with van der Waals surface area (Å²) in [5.41, 5.74) is 2.43. The van der Waals surface area contributed by atoms with Crippen molar-refractivity contribution in [3.05, 3.63) is 29.8 Å². The molecule has 2 N–H and O–H groups in total. The lowest BCUT2D eigenvalue weighted by Gasteiger charge is -2.21. The Labute approximate surface area is 153 Å². The molecule has 8 nitrogen and oxygen atoms in total. The van der Waals surface area contributed by atoms with Crippen molar-refractivity contribution in [2.45, 2.75) is 39.3 Å². The molecule has 2 rings (SSSR count). The molecule has 1 aromatic carbocycles. The minimum Gasteiger partial charge on any atom is -0.494 e. The van der Waals surface area contributed by atoms with Crippen LogP contribution >= 0.6 is 0 Å². The second-order valence-corrected chi connectivity index (χ2v) is 6.54. The number of imide groups is 1. The van der Waals surface area contributed by atoms with Crippen LogP contribution < -0.4 is 15.5 Å². The average Bonchev–Trinajstić information content (AvgIpc) is 2.80. The Hall–Kier alpha value is -2.61. The quantitative estimate of drug-likeness (QED) is 0.680. The Morgan fingerprint density at radius 2 is 1.92 bits per heavy atom. The molecule has 1 saturated heterocycles. The standard InChI is InChI=1S/C18H26N4O4/c1-5-18(3)16(24)22(17(25)19-18)20-15(23)12-21(4)11-13-7-9-14(10-8-13)26-6-2/h7-10H,5-6,11-12H2,1-4H3,(H,19,25)(H,20,23). The fraction of sp³-hybridized carbons (Fsp3) is 0.500. The van der Waals surface area contributed by atoms with Gasteiger partial charge in [0.15, 0.2) is 0 Å². The summed E-state index contributed by atoms with van der Waals surface area (Å²) in [5, 5.41) is 3.35. The van der Waals surface area contributed by atoms with Gasteiger partial charge >= 0.3 is 6.03 Å². The first-order valence-electron chi connectivity index (χ1n) is 8.65. The fourth-order valence-electron chi connectivity index (χ4n) is 2.66. The number of ether oxygens (including phenoxy) is 1. The molecule has 26 heavy (non-hydrogen) atoms. The Balaban J connectivity index is 1.87. The minimum atomic E-state index is -0.974. The first kappa shape index (κ1) is 19.7. The average molecular weight is 362 g/mol. The van der Waals surface area contributed by atoms with Gasteiger partial charge < -0.3 is 10.1 Å². The molecule has 4 amide bonds. The maximum Gasteiger partial charge on any atom is 0.344 e. The molecule has 1 heterocycles. The van der Waals surface area contributed by atoms with E-state index < -0.39 is 23.4 Å². The molecule has 0 aliphatic carbocycles. The molecule has 1 aromatic rings. The van der Waals surface area contributed by atoms with Gasteiger partial charge in [-0.3, -0.25) is 19.9 Å². The first-order valence-corrected chi connectivity index (χ1v) is 8.65. The maximum atomic E-state index is 12.3. The number of carbonyl (C=O) groups is 3. The van der Waals surface area contributed by atoms with Crippen LogP contribution in [-0.2, 0) is 16.1 Å². The van der Waals surface area contributed by atoms with E-state index in [9.17, 15) is 14.4 Å². The third-order valence-corrected chi connectivity index (χ3v) is 4.31. The summed E-state index contributed by atoms with van der Waals surface area (Å²) in [6, 6.07) is 7.02. The zero-order valence-electron chi connectivity index (χ0n) is 15.7. The van der Waals surface area contributed by atoms with Crippen molar-refractivity contribution < 1.29 is 19.1 Å². The van der Waals surface area contributed by atoms with Gasteiger partial charge in [0.25, 0.3) is 11.8 Å². The Bertz CT molecular complexity index is 676. The van der Waals surface area contributed by atoms with E-state index in [0.717, 1.165) is 16.3 Å². The normalized spacial score (nSPS) is 19.7. The summed E-state index contributed by atoms with van der Waals surface area (Å²) >= 11 is 0. The van der Waals surface area contributed by atoms with Crippen molar-refractivity contribution in [1.29, 1.82) is 0 Å². The highest BCUT2D eigenvalue weighted by molar-refractivity contribution is 6.07. The molecule has 0 bridgehead atoms. The molecule has 0 radical (unpaired) electrons. The number of nitrogens with zero attached hydrogens (tertiary/aromatic N) is 2. The molecule has 0 saturated carbocycles. The molecule has 1 aliphatic rings. The zero-order valence-corrected chi connectivity index (χ0v) is 15.7. The Morgan fingerprint density at radius 3 is 2.46 bits per heavy atom. The van der Waals surface area contributed by atoms with Crippen LogP contribution in [0.1, 0.15) is 32.8 Å². The maximum absolute atomic E-state index is 12.3. The minimum absolute atomic E-state index is 0.0487. The number of nitrogens with one attached hydrogen (secondary N) is 2. The third kappa shape index (κ3) is 4.51. The number of hydrogen-bond donors (Lipinski definition) is 2. The summed E-state index contributed by atoms with van der Waals surface area (Å²) in [6.07, 6.45) is 0.446. The van der Waals surface area contributed by atoms with Crippen molar-refractivity contribution >= 4 is 17.8 Å². The number of benzene rings is 1. The molecule has 0 spiro atoms. The number of urea groups is 1. The summed E-state index contributed by atoms with van der Waals surface area (Å²) in [7, 11) is 1.79. The summed E-state index contributed by atoms with van der Waals surface area (Å²) in [6.45, 7) is 6.57. The predicted octanol–water partition coefficient (Wildman–Crippen LogP) is 1.27. The van der Waals surface area contributed by atoms with Crippen LogP contribution in [0.2, 0.25) is 0 Å². The fourth-order valence-corrected chi connectivity index (χ4v) is 2.66. The molecule has 1 atom stereocenters. The lowest BCUT2D eigenvalue weighted by molar-refractivity contribution is -0.139. The largest absolute Gasteiger partial charge is 0.494 e. The second kappa shape index (κ2) is 8.18. The van der Waals surface area contributed by atoms with Crippen LogP contribution in [0, 0.1) is 0 Å². The zero-order chi connectivity index (χ0) is 19.3. The lowest BCUT2D eigenvalue weighted by atomic mass is 10.00. The topological polar surface area (TPSA) is 91.0 Å². The van der Waals surface area contributed by atoms with E-state index in [1.165, 1.54) is 0 Å². The SMILES string of the molecule is CCOc1ccc(CN(C)CC(=O)NN2C(=O)NC(C)(CC)C2=O)cc1. The highest BCUT2D eigenvalue weighted by atomic mass is 16.5. The number of hydrogen-bond acceptors (Lipinski definition) is 5. The van der Waals surface area contributed by atoms with E-state index in [0.29, 0.717) is 19.6 Å². The summed E-state index contributed by atoms with van der Waals surface area (Å²) in [5.74, 6) is -0.0796. The molecule has 8 heteroatoms. The van der Waals surface area contributed by atoms with Crippen LogP contribution in [0.3, 0.4) is 0 Å².